The topological polar surface area (TPSA) is 27.7 Å². The van der Waals surface area contributed by atoms with Crippen LogP contribution < -0.4 is 30.2 Å². The molecule has 0 aromatic heterocycles. The molecule has 0 heterocycles. The minimum Gasteiger partial charge on any atom is -0.496 e. The molecule has 0 saturated carbocycles. The minimum absolute atomic E-state index is 0.903. The first kappa shape index (κ1) is 23.0. The van der Waals surface area contributed by atoms with Gasteiger partial charge in [0, 0.05) is 0 Å². The second-order valence-electron chi connectivity index (χ2n) is 8.07. The molecule has 0 bridgehead atoms. The lowest BCUT2D eigenvalue weighted by molar-refractivity contribution is 0.412. The molecule has 0 N–H and O–H groups in total. The molecule has 0 radical (unpaired) electrons. The summed E-state index contributed by atoms with van der Waals surface area (Å²) in [6, 6.07) is 33.9. The van der Waals surface area contributed by atoms with Gasteiger partial charge in [-0.3, -0.25) is 0 Å². The molecule has 2 unspecified atom stereocenters. The highest BCUT2D eigenvalue weighted by molar-refractivity contribution is 6.92. The van der Waals surface area contributed by atoms with Crippen molar-refractivity contribution in [2.24, 2.45) is 0 Å². The monoisotopic (exact) mass is 470 g/mol. The van der Waals surface area contributed by atoms with Crippen LogP contribution in [-0.4, -0.2) is 32.3 Å². The van der Waals surface area contributed by atoms with Crippen LogP contribution in [0.1, 0.15) is 11.1 Å². The predicted octanol–water partition coefficient (Wildman–Crippen LogP) is 2.71. The molecule has 0 aliphatic heterocycles. The van der Waals surface area contributed by atoms with E-state index in [0.717, 1.165) is 22.6 Å². The van der Waals surface area contributed by atoms with Crippen LogP contribution in [0.15, 0.2) is 97.1 Å². The van der Waals surface area contributed by atoms with Crippen molar-refractivity contribution in [2.75, 3.05) is 14.2 Å². The number of benzene rings is 4. The van der Waals surface area contributed by atoms with Gasteiger partial charge in [0.15, 0.2) is 0 Å². The molecule has 0 amide bonds. The van der Waals surface area contributed by atoms with Gasteiger partial charge < -0.3 is 13.6 Å². The summed E-state index contributed by atoms with van der Waals surface area (Å²) < 4.78 is 18.6. The van der Waals surface area contributed by atoms with Crippen LogP contribution in [0, 0.1) is 13.8 Å². The number of hydrogen-bond acceptors (Lipinski definition) is 3. The van der Waals surface area contributed by atoms with Gasteiger partial charge in [0.25, 0.3) is 0 Å². The van der Waals surface area contributed by atoms with E-state index in [2.05, 4.69) is 98.8 Å². The van der Waals surface area contributed by atoms with Crippen LogP contribution in [0.25, 0.3) is 0 Å². The Morgan fingerprint density at radius 3 is 1.24 bits per heavy atom. The van der Waals surface area contributed by atoms with Gasteiger partial charge in [-0.2, -0.15) is 0 Å². The highest BCUT2D eigenvalue weighted by atomic mass is 28.4. The summed E-state index contributed by atoms with van der Waals surface area (Å²) in [5.41, 5.74) is 2.31. The molecule has 0 aliphatic rings. The van der Waals surface area contributed by atoms with Crippen molar-refractivity contribution >= 4 is 38.8 Å². The lowest BCUT2D eigenvalue weighted by Gasteiger charge is -2.27. The third-order valence-electron chi connectivity index (χ3n) is 6.13. The fourth-order valence-electron chi connectivity index (χ4n) is 4.33. The molecule has 0 spiro atoms. The van der Waals surface area contributed by atoms with E-state index in [1.54, 1.807) is 14.2 Å². The number of hydrogen-bond donors (Lipinski definition) is 0. The van der Waals surface area contributed by atoms with Gasteiger partial charge in [-0.15, -0.1) is 0 Å². The Morgan fingerprint density at radius 1 is 0.485 bits per heavy atom. The van der Waals surface area contributed by atoms with E-state index in [1.165, 1.54) is 20.7 Å². The van der Waals surface area contributed by atoms with Gasteiger partial charge in [-0.1, -0.05) is 84.9 Å². The Morgan fingerprint density at radius 2 is 0.879 bits per heavy atom. The molecule has 4 aromatic carbocycles. The van der Waals surface area contributed by atoms with Crippen molar-refractivity contribution < 1.29 is 13.6 Å². The first-order valence-electron chi connectivity index (χ1n) is 11.2. The van der Waals surface area contributed by atoms with Gasteiger partial charge in [-0.25, -0.2) is 0 Å². The highest BCUT2D eigenvalue weighted by Crippen LogP contribution is 2.17. The lowest BCUT2D eigenvalue weighted by Crippen LogP contribution is -2.57. The summed E-state index contributed by atoms with van der Waals surface area (Å²) in [5.74, 6) is 1.81. The zero-order chi connectivity index (χ0) is 23.2. The SMILES string of the molecule is COc1cccc([SiH](O[SiH](c2ccccc2)c2cccc(OC)c2C)c2ccccc2)c1C. The molecule has 168 valence electrons. The Hall–Kier alpha value is -3.13. The lowest BCUT2D eigenvalue weighted by atomic mass is 10.2. The maximum absolute atomic E-state index is 7.32. The Labute approximate surface area is 200 Å². The Kier molecular flexibility index (Phi) is 7.44. The molecule has 4 aromatic rings. The third kappa shape index (κ3) is 4.95. The molecule has 2 atom stereocenters. The highest BCUT2D eigenvalue weighted by Gasteiger charge is 2.29. The van der Waals surface area contributed by atoms with E-state index in [9.17, 15) is 0 Å². The third-order valence-corrected chi connectivity index (χ3v) is 12.7. The van der Waals surface area contributed by atoms with Crippen LogP contribution in [0.4, 0.5) is 0 Å². The van der Waals surface area contributed by atoms with Gasteiger partial charge in [0.2, 0.25) is 18.1 Å². The van der Waals surface area contributed by atoms with Gasteiger partial charge in [0.1, 0.15) is 11.5 Å². The van der Waals surface area contributed by atoms with E-state index in [-0.39, 0.29) is 0 Å². The van der Waals surface area contributed by atoms with Gasteiger partial charge >= 0.3 is 0 Å². The van der Waals surface area contributed by atoms with Crippen LogP contribution in [-0.2, 0) is 4.12 Å². The average molecular weight is 471 g/mol. The van der Waals surface area contributed by atoms with Crippen LogP contribution >= 0.6 is 0 Å². The molecule has 0 fully saturated rings. The Balaban J connectivity index is 1.87. The van der Waals surface area contributed by atoms with Crippen molar-refractivity contribution in [2.45, 2.75) is 13.8 Å². The predicted molar refractivity (Wildman–Crippen MR) is 142 cm³/mol. The fourth-order valence-corrected chi connectivity index (χ4v) is 11.4. The van der Waals surface area contributed by atoms with Crippen molar-refractivity contribution in [1.29, 1.82) is 0 Å². The second kappa shape index (κ2) is 10.7. The van der Waals surface area contributed by atoms with Crippen LogP contribution in [0.2, 0.25) is 0 Å². The first-order chi connectivity index (χ1) is 16.1. The van der Waals surface area contributed by atoms with E-state index in [4.69, 9.17) is 13.6 Å². The first-order valence-corrected chi connectivity index (χ1v) is 14.4. The molecule has 4 rings (SSSR count). The second-order valence-corrected chi connectivity index (χ2v) is 13.3. The zero-order valence-corrected chi connectivity index (χ0v) is 21.9. The maximum Gasteiger partial charge on any atom is 0.229 e. The molecule has 33 heavy (non-hydrogen) atoms. The van der Waals surface area contributed by atoms with Crippen molar-refractivity contribution in [3.05, 3.63) is 108 Å². The normalized spacial score (nSPS) is 12.7. The Bertz CT molecular complexity index is 1100. The molecule has 5 heteroatoms. The maximum atomic E-state index is 7.32. The number of methoxy groups -OCH3 is 2. The zero-order valence-electron chi connectivity index (χ0n) is 19.6. The summed E-state index contributed by atoms with van der Waals surface area (Å²) in [6.07, 6.45) is 0. The average Bonchev–Trinajstić information content (AvgIpc) is 2.87. The van der Waals surface area contributed by atoms with Crippen molar-refractivity contribution in [3.8, 4) is 11.5 Å². The molecular weight excluding hydrogens is 440 g/mol. The van der Waals surface area contributed by atoms with Gasteiger partial charge in [0.05, 0.1) is 14.2 Å². The summed E-state index contributed by atoms with van der Waals surface area (Å²) >= 11 is 0. The van der Waals surface area contributed by atoms with Crippen molar-refractivity contribution in [1.82, 2.24) is 0 Å². The summed E-state index contributed by atoms with van der Waals surface area (Å²) in [7, 11) is -0.608. The summed E-state index contributed by atoms with van der Waals surface area (Å²) in [5, 5.41) is 5.05. The van der Waals surface area contributed by atoms with E-state index < -0.39 is 18.1 Å². The summed E-state index contributed by atoms with van der Waals surface area (Å²) in [6.45, 7) is 4.27. The van der Waals surface area contributed by atoms with E-state index in [0.29, 0.717) is 0 Å². The number of rotatable bonds is 8. The van der Waals surface area contributed by atoms with Crippen molar-refractivity contribution in [3.63, 3.8) is 0 Å². The van der Waals surface area contributed by atoms with Crippen LogP contribution in [0.5, 0.6) is 11.5 Å². The summed E-state index contributed by atoms with van der Waals surface area (Å²) in [4.78, 5) is 0. The van der Waals surface area contributed by atoms with Gasteiger partial charge in [-0.05, 0) is 57.9 Å². The fraction of sp³-hybridized carbons (Fsp3) is 0.143. The number of ether oxygens (including phenoxy) is 2. The largest absolute Gasteiger partial charge is 0.496 e. The van der Waals surface area contributed by atoms with E-state index in [1.807, 2.05) is 12.1 Å². The smallest absolute Gasteiger partial charge is 0.229 e. The standard InChI is InChI=1S/C28H30O3Si2/c1-21-25(29-3)17-11-19-27(21)32(23-13-7-5-8-14-23)31-33(24-15-9-6-10-16-24)28-20-12-18-26(30-4)22(28)2/h5-20,32-33H,1-4H3. The molecule has 0 saturated heterocycles. The molecular formula is C28H30O3Si2. The molecule has 0 aliphatic carbocycles. The quantitative estimate of drug-likeness (QED) is 0.371. The molecule has 3 nitrogen and oxygen atoms in total. The van der Waals surface area contributed by atoms with E-state index >= 15 is 0 Å². The van der Waals surface area contributed by atoms with Crippen LogP contribution in [0.3, 0.4) is 0 Å². The minimum atomic E-state index is -2.03.